The highest BCUT2D eigenvalue weighted by atomic mass is 16.3. The number of phenolic OH excluding ortho intramolecular Hbond substituents is 1. The van der Waals surface area contributed by atoms with Crippen LogP contribution in [0.4, 0.5) is 11.4 Å². The fraction of sp³-hybridized carbons (Fsp3) is 0.448. The molecule has 0 spiro atoms. The number of nitrogens with zero attached hydrogens (tertiary/aromatic N) is 3. The first kappa shape index (κ1) is 28.4. The Kier molecular flexibility index (Phi) is 6.74. The van der Waals surface area contributed by atoms with Gasteiger partial charge in [0, 0.05) is 50.1 Å². The number of phenols is 1. The van der Waals surface area contributed by atoms with Gasteiger partial charge in [0.15, 0.2) is 34.7 Å². The molecule has 6 atom stereocenters. The van der Waals surface area contributed by atoms with E-state index in [-0.39, 0.29) is 30.7 Å². The molecule has 12 heteroatoms. The lowest BCUT2D eigenvalue weighted by Gasteiger charge is -2.57. The number of fused-ring (bicyclic) bond motifs is 3. The summed E-state index contributed by atoms with van der Waals surface area (Å²) < 4.78 is 0. The smallest absolute Gasteiger partial charge is 0.235 e. The molecule has 12 nitrogen and oxygen atoms in total. The van der Waals surface area contributed by atoms with Crippen LogP contribution < -0.4 is 16.0 Å². The maximum Gasteiger partial charge on any atom is 0.235 e. The third-order valence-electron chi connectivity index (χ3n) is 8.94. The van der Waals surface area contributed by atoms with Gasteiger partial charge in [-0.2, -0.15) is 0 Å². The quantitative estimate of drug-likeness (QED) is 0.342. The molecule has 2 saturated carbocycles. The van der Waals surface area contributed by atoms with Gasteiger partial charge in [-0.3, -0.25) is 33.9 Å². The summed E-state index contributed by atoms with van der Waals surface area (Å²) in [6.45, 7) is 0.0527. The number of nitrogens with two attached hydrogens (primary N) is 1. The fourth-order valence-corrected chi connectivity index (χ4v) is 7.18. The maximum absolute atomic E-state index is 14.4. The van der Waals surface area contributed by atoms with E-state index in [4.69, 9.17) is 5.73 Å². The Morgan fingerprint density at radius 1 is 1.12 bits per heavy atom. The molecule has 2 aromatic rings. The van der Waals surface area contributed by atoms with Gasteiger partial charge in [-0.15, -0.1) is 0 Å². The van der Waals surface area contributed by atoms with Crippen LogP contribution in [0.25, 0.3) is 0 Å². The minimum Gasteiger partial charge on any atom is -0.507 e. The van der Waals surface area contributed by atoms with Crippen LogP contribution in [0.3, 0.4) is 0 Å². The molecule has 0 saturated heterocycles. The zero-order valence-electron chi connectivity index (χ0n) is 23.2. The molecule has 2 fully saturated rings. The molecule has 3 aliphatic rings. The van der Waals surface area contributed by atoms with E-state index >= 15 is 0 Å². The number of amides is 1. The van der Waals surface area contributed by atoms with Gasteiger partial charge >= 0.3 is 0 Å². The molecular weight excluding hydrogens is 530 g/mol. The first-order valence-electron chi connectivity index (χ1n) is 13.3. The SMILES string of the molecule is CN(C)c1ccc(O)c2c1C[C@@]1(CNc3cccnc3)C[C@H]3[C@H](N(C)C)C(=O)C(C(N)=O)C(=O)[C@@]3(O)C(=O)C1C2=O. The number of carbonyl (C=O) groups is 5. The number of aliphatic hydroxyl groups is 1. The van der Waals surface area contributed by atoms with Gasteiger partial charge in [0.1, 0.15) is 5.75 Å². The number of Topliss-reactive ketones (excluding diaryl/α,β-unsaturated/α-hetero) is 4. The molecule has 0 bridgehead atoms. The van der Waals surface area contributed by atoms with Crippen molar-refractivity contribution in [3.8, 4) is 5.75 Å². The number of anilines is 2. The van der Waals surface area contributed by atoms with Crippen molar-refractivity contribution in [1.29, 1.82) is 0 Å². The van der Waals surface area contributed by atoms with Crippen molar-refractivity contribution < 1.29 is 34.2 Å². The summed E-state index contributed by atoms with van der Waals surface area (Å²) in [5, 5.41) is 26.0. The van der Waals surface area contributed by atoms with Crippen molar-refractivity contribution in [2.24, 2.45) is 28.9 Å². The van der Waals surface area contributed by atoms with Gasteiger partial charge in [-0.25, -0.2) is 0 Å². The lowest BCUT2D eigenvalue weighted by atomic mass is 9.46. The van der Waals surface area contributed by atoms with E-state index in [1.807, 2.05) is 0 Å². The Morgan fingerprint density at radius 2 is 1.83 bits per heavy atom. The highest BCUT2D eigenvalue weighted by molar-refractivity contribution is 6.32. The molecule has 1 amide bonds. The number of nitrogens with one attached hydrogen (secondary N) is 1. The number of hydrogen-bond acceptors (Lipinski definition) is 11. The fourth-order valence-electron chi connectivity index (χ4n) is 7.18. The van der Waals surface area contributed by atoms with Crippen LogP contribution in [-0.2, 0) is 25.6 Å². The Balaban J connectivity index is 1.74. The van der Waals surface area contributed by atoms with Crippen LogP contribution in [-0.4, -0.2) is 95.5 Å². The standard InChI is InChI=1S/C29H33N5O7/c1-33(2)17-7-8-18(35)19-15(17)10-28(13-32-14-6-5-9-31-12-14)11-16-22(34(3)4)24(37)20(27(30)40)25(38)29(16,41)26(39)21(28)23(19)36/h5-9,12,16,20-22,32,35,41H,10-11,13H2,1-4H3,(H2,30,40)/t16-,20?,21?,22-,28-,29+/m0/s1. The van der Waals surface area contributed by atoms with E-state index in [0.717, 1.165) is 0 Å². The summed E-state index contributed by atoms with van der Waals surface area (Å²) in [4.78, 5) is 75.5. The number of pyridine rings is 1. The van der Waals surface area contributed by atoms with Crippen LogP contribution in [0, 0.1) is 23.2 Å². The number of aromatic hydroxyl groups is 1. The Hall–Kier alpha value is -4.16. The zero-order valence-corrected chi connectivity index (χ0v) is 23.2. The summed E-state index contributed by atoms with van der Waals surface area (Å²) in [5.41, 5.74) is 3.13. The monoisotopic (exact) mass is 563 g/mol. The van der Waals surface area contributed by atoms with Crippen LogP contribution in [0.2, 0.25) is 0 Å². The van der Waals surface area contributed by atoms with E-state index < -0.39 is 63.9 Å². The largest absolute Gasteiger partial charge is 0.507 e. The first-order chi connectivity index (χ1) is 19.3. The summed E-state index contributed by atoms with van der Waals surface area (Å²) in [5.74, 6) is -10.4. The molecule has 2 unspecified atom stereocenters. The minimum absolute atomic E-state index is 0.0523. The predicted molar refractivity (Wildman–Crippen MR) is 147 cm³/mol. The number of aromatic nitrogens is 1. The molecule has 1 heterocycles. The van der Waals surface area contributed by atoms with Crippen molar-refractivity contribution in [3.63, 3.8) is 0 Å². The molecule has 5 N–H and O–H groups in total. The van der Waals surface area contributed by atoms with Crippen LogP contribution in [0.15, 0.2) is 36.7 Å². The average Bonchev–Trinajstić information content (AvgIpc) is 2.90. The third-order valence-corrected chi connectivity index (χ3v) is 8.94. The lowest BCUT2D eigenvalue weighted by Crippen LogP contribution is -2.76. The molecule has 1 aromatic heterocycles. The molecule has 5 rings (SSSR count). The summed E-state index contributed by atoms with van der Waals surface area (Å²) in [6, 6.07) is 5.33. The molecule has 1 aromatic carbocycles. The summed E-state index contributed by atoms with van der Waals surface area (Å²) in [7, 11) is 6.69. The number of hydrogen-bond donors (Lipinski definition) is 4. The number of benzene rings is 1. The predicted octanol–water partition coefficient (Wildman–Crippen LogP) is -0.190. The van der Waals surface area contributed by atoms with Crippen molar-refractivity contribution in [2.45, 2.75) is 24.5 Å². The number of likely N-dealkylation sites (N-methyl/N-ethyl adjacent to an activating group) is 1. The number of primary amides is 1. The average molecular weight is 564 g/mol. The van der Waals surface area contributed by atoms with E-state index in [0.29, 0.717) is 16.9 Å². The van der Waals surface area contributed by atoms with Gasteiger partial charge in [0.25, 0.3) is 0 Å². The molecule has 3 aliphatic carbocycles. The topological polar surface area (TPSA) is 183 Å². The second-order valence-electron chi connectivity index (χ2n) is 11.7. The normalized spacial score (nSPS) is 30.9. The number of rotatable bonds is 6. The summed E-state index contributed by atoms with van der Waals surface area (Å²) in [6.07, 6.45) is 3.20. The van der Waals surface area contributed by atoms with Gasteiger partial charge in [0.05, 0.1) is 23.2 Å². The highest BCUT2D eigenvalue weighted by Gasteiger charge is 2.72. The van der Waals surface area contributed by atoms with E-state index in [9.17, 15) is 34.2 Å². The summed E-state index contributed by atoms with van der Waals surface area (Å²) >= 11 is 0. The van der Waals surface area contributed by atoms with Crippen LogP contribution in [0.5, 0.6) is 5.75 Å². The van der Waals surface area contributed by atoms with Gasteiger partial charge in [-0.1, -0.05) is 0 Å². The van der Waals surface area contributed by atoms with Crippen molar-refractivity contribution >= 4 is 40.4 Å². The molecule has 0 aliphatic heterocycles. The lowest BCUT2D eigenvalue weighted by molar-refractivity contribution is -0.185. The molecule has 0 radical (unpaired) electrons. The number of ketones is 4. The first-order valence-corrected chi connectivity index (χ1v) is 13.3. The van der Waals surface area contributed by atoms with E-state index in [1.54, 1.807) is 63.7 Å². The highest BCUT2D eigenvalue weighted by Crippen LogP contribution is 2.57. The molecule has 216 valence electrons. The Bertz CT molecular complexity index is 1480. The Labute approximate surface area is 236 Å². The van der Waals surface area contributed by atoms with Gasteiger partial charge in [0.2, 0.25) is 5.91 Å². The third kappa shape index (κ3) is 4.04. The second-order valence-corrected chi connectivity index (χ2v) is 11.7. The second kappa shape index (κ2) is 9.74. The van der Waals surface area contributed by atoms with E-state index in [2.05, 4.69) is 10.3 Å². The van der Waals surface area contributed by atoms with Crippen molar-refractivity contribution in [1.82, 2.24) is 9.88 Å². The van der Waals surface area contributed by atoms with Crippen LogP contribution >= 0.6 is 0 Å². The molecular formula is C29H33N5O7. The molecule has 41 heavy (non-hydrogen) atoms. The number of carbonyl (C=O) groups excluding carboxylic acids is 5. The zero-order chi connectivity index (χ0) is 30.0. The van der Waals surface area contributed by atoms with Crippen LogP contribution in [0.1, 0.15) is 22.3 Å². The maximum atomic E-state index is 14.4. The van der Waals surface area contributed by atoms with Crippen molar-refractivity contribution in [2.75, 3.05) is 45.0 Å². The minimum atomic E-state index is -2.81. The van der Waals surface area contributed by atoms with Gasteiger partial charge < -0.3 is 26.2 Å². The Morgan fingerprint density at radius 3 is 2.41 bits per heavy atom. The van der Waals surface area contributed by atoms with Gasteiger partial charge in [-0.05, 0) is 56.8 Å². The van der Waals surface area contributed by atoms with Crippen molar-refractivity contribution in [3.05, 3.63) is 47.8 Å². The van der Waals surface area contributed by atoms with E-state index in [1.165, 1.54) is 11.0 Å².